The second-order valence-corrected chi connectivity index (χ2v) is 5.85. The van der Waals surface area contributed by atoms with Crippen LogP contribution >= 0.6 is 0 Å². The van der Waals surface area contributed by atoms with Crippen LogP contribution in [0.25, 0.3) is 0 Å². The SMILES string of the molecule is CCCC(CN)N1CCCCS1(=O)=O. The fraction of sp³-hybridized carbons (Fsp3) is 1.00. The molecule has 4 nitrogen and oxygen atoms in total. The Labute approximate surface area is 86.5 Å². The van der Waals surface area contributed by atoms with Gasteiger partial charge in [0.25, 0.3) is 0 Å². The Morgan fingerprint density at radius 3 is 2.64 bits per heavy atom. The predicted molar refractivity (Wildman–Crippen MR) is 57.5 cm³/mol. The molecule has 1 heterocycles. The highest BCUT2D eigenvalue weighted by Crippen LogP contribution is 2.18. The first-order chi connectivity index (χ1) is 6.61. The highest BCUT2D eigenvalue weighted by molar-refractivity contribution is 7.89. The number of nitrogens with two attached hydrogens (primary N) is 1. The minimum Gasteiger partial charge on any atom is -0.329 e. The van der Waals surface area contributed by atoms with E-state index in [-0.39, 0.29) is 6.04 Å². The summed E-state index contributed by atoms with van der Waals surface area (Å²) in [5, 5.41) is 0. The molecule has 0 aromatic carbocycles. The van der Waals surface area contributed by atoms with Gasteiger partial charge in [-0.25, -0.2) is 8.42 Å². The number of rotatable bonds is 4. The Morgan fingerprint density at radius 2 is 2.14 bits per heavy atom. The molecule has 1 rings (SSSR count). The lowest BCUT2D eigenvalue weighted by atomic mass is 10.1. The molecule has 0 aromatic rings. The summed E-state index contributed by atoms with van der Waals surface area (Å²) in [5.74, 6) is 0.299. The van der Waals surface area contributed by atoms with E-state index < -0.39 is 10.0 Å². The Balaban J connectivity index is 2.71. The van der Waals surface area contributed by atoms with Crippen LogP contribution in [0.15, 0.2) is 0 Å². The maximum absolute atomic E-state index is 11.7. The van der Waals surface area contributed by atoms with Crippen molar-refractivity contribution in [2.24, 2.45) is 5.73 Å². The molecule has 84 valence electrons. The van der Waals surface area contributed by atoms with Gasteiger partial charge in [-0.3, -0.25) is 0 Å². The van der Waals surface area contributed by atoms with Gasteiger partial charge in [0.2, 0.25) is 10.0 Å². The molecule has 1 aliphatic rings. The summed E-state index contributed by atoms with van der Waals surface area (Å²) in [5.41, 5.74) is 5.60. The minimum atomic E-state index is -3.00. The third-order valence-corrected chi connectivity index (χ3v) is 4.69. The van der Waals surface area contributed by atoms with Crippen LogP contribution in [0.5, 0.6) is 0 Å². The second kappa shape index (κ2) is 5.09. The van der Waals surface area contributed by atoms with E-state index in [1.807, 2.05) is 0 Å². The lowest BCUT2D eigenvalue weighted by Gasteiger charge is -2.32. The van der Waals surface area contributed by atoms with Crippen LogP contribution in [-0.4, -0.2) is 37.6 Å². The molecule has 0 aromatic heterocycles. The van der Waals surface area contributed by atoms with Crippen molar-refractivity contribution in [1.29, 1.82) is 0 Å². The lowest BCUT2D eigenvalue weighted by Crippen LogP contribution is -2.48. The molecule has 1 unspecified atom stereocenters. The van der Waals surface area contributed by atoms with E-state index in [2.05, 4.69) is 6.92 Å². The van der Waals surface area contributed by atoms with Gasteiger partial charge in [-0.1, -0.05) is 13.3 Å². The number of sulfonamides is 1. The molecular formula is C9H20N2O2S. The summed E-state index contributed by atoms with van der Waals surface area (Å²) in [6.07, 6.45) is 3.62. The van der Waals surface area contributed by atoms with Crippen LogP contribution in [0, 0.1) is 0 Å². The van der Waals surface area contributed by atoms with E-state index in [4.69, 9.17) is 5.73 Å². The predicted octanol–water partition coefficient (Wildman–Crippen LogP) is 0.539. The summed E-state index contributed by atoms with van der Waals surface area (Å²) >= 11 is 0. The number of hydrogen-bond acceptors (Lipinski definition) is 3. The van der Waals surface area contributed by atoms with Crippen molar-refractivity contribution in [3.8, 4) is 0 Å². The lowest BCUT2D eigenvalue weighted by molar-refractivity contribution is 0.291. The van der Waals surface area contributed by atoms with E-state index in [1.54, 1.807) is 4.31 Å². The average molecular weight is 220 g/mol. The molecule has 5 heteroatoms. The van der Waals surface area contributed by atoms with Crippen LogP contribution in [0.2, 0.25) is 0 Å². The first kappa shape index (κ1) is 11.9. The zero-order valence-corrected chi connectivity index (χ0v) is 9.59. The second-order valence-electron chi connectivity index (χ2n) is 3.81. The Morgan fingerprint density at radius 1 is 1.43 bits per heavy atom. The topological polar surface area (TPSA) is 63.4 Å². The summed E-state index contributed by atoms with van der Waals surface area (Å²) < 4.78 is 25.1. The summed E-state index contributed by atoms with van der Waals surface area (Å²) in [6.45, 7) is 3.15. The van der Waals surface area contributed by atoms with Crippen LogP contribution < -0.4 is 5.73 Å². The van der Waals surface area contributed by atoms with Crippen molar-refractivity contribution in [2.75, 3.05) is 18.8 Å². The van der Waals surface area contributed by atoms with Crippen molar-refractivity contribution in [2.45, 2.75) is 38.6 Å². The molecule has 14 heavy (non-hydrogen) atoms. The summed E-state index contributed by atoms with van der Waals surface area (Å²) in [6, 6.07) is 0.0188. The van der Waals surface area contributed by atoms with Crippen molar-refractivity contribution >= 4 is 10.0 Å². The molecule has 1 aliphatic heterocycles. The van der Waals surface area contributed by atoms with Gasteiger partial charge < -0.3 is 5.73 Å². The standard InChI is InChI=1S/C9H20N2O2S/c1-2-5-9(8-10)11-6-3-4-7-14(11,12)13/h9H,2-8,10H2,1H3. The van der Waals surface area contributed by atoms with Gasteiger partial charge >= 0.3 is 0 Å². The largest absolute Gasteiger partial charge is 0.329 e. The number of nitrogens with zero attached hydrogens (tertiary/aromatic N) is 1. The molecular weight excluding hydrogens is 200 g/mol. The van der Waals surface area contributed by atoms with Crippen LogP contribution in [0.3, 0.4) is 0 Å². The third kappa shape index (κ3) is 2.68. The van der Waals surface area contributed by atoms with Gasteiger partial charge in [0, 0.05) is 19.1 Å². The number of hydrogen-bond donors (Lipinski definition) is 1. The molecule has 1 atom stereocenters. The Hall–Kier alpha value is -0.130. The maximum atomic E-state index is 11.7. The molecule has 1 saturated heterocycles. The van der Waals surface area contributed by atoms with E-state index in [0.717, 1.165) is 25.7 Å². The van der Waals surface area contributed by atoms with Crippen LogP contribution in [0.4, 0.5) is 0 Å². The van der Waals surface area contributed by atoms with E-state index in [9.17, 15) is 8.42 Å². The smallest absolute Gasteiger partial charge is 0.214 e. The maximum Gasteiger partial charge on any atom is 0.214 e. The normalized spacial score (nSPS) is 24.7. The van der Waals surface area contributed by atoms with Crippen molar-refractivity contribution in [3.63, 3.8) is 0 Å². The zero-order chi connectivity index (χ0) is 10.6. The average Bonchev–Trinajstić information content (AvgIpc) is 2.14. The Kier molecular flexibility index (Phi) is 4.34. The first-order valence-corrected chi connectivity index (χ1v) is 6.92. The molecule has 0 saturated carbocycles. The van der Waals surface area contributed by atoms with Gasteiger partial charge in [0.15, 0.2) is 0 Å². The molecule has 0 amide bonds. The van der Waals surface area contributed by atoms with Gasteiger partial charge in [0.1, 0.15) is 0 Å². The summed E-state index contributed by atoms with van der Waals surface area (Å²) in [7, 11) is -3.00. The molecule has 1 fully saturated rings. The van der Waals surface area contributed by atoms with Gasteiger partial charge in [-0.2, -0.15) is 4.31 Å². The quantitative estimate of drug-likeness (QED) is 0.752. The molecule has 0 spiro atoms. The monoisotopic (exact) mass is 220 g/mol. The molecule has 0 aliphatic carbocycles. The van der Waals surface area contributed by atoms with E-state index >= 15 is 0 Å². The minimum absolute atomic E-state index is 0.0188. The van der Waals surface area contributed by atoms with E-state index in [0.29, 0.717) is 18.8 Å². The first-order valence-electron chi connectivity index (χ1n) is 5.31. The zero-order valence-electron chi connectivity index (χ0n) is 8.78. The van der Waals surface area contributed by atoms with E-state index in [1.165, 1.54) is 0 Å². The third-order valence-electron chi connectivity index (χ3n) is 2.69. The molecule has 2 N–H and O–H groups in total. The fourth-order valence-electron chi connectivity index (χ4n) is 1.93. The van der Waals surface area contributed by atoms with Crippen LogP contribution in [0.1, 0.15) is 32.6 Å². The Bertz CT molecular complexity index is 264. The van der Waals surface area contributed by atoms with Gasteiger partial charge in [0.05, 0.1) is 5.75 Å². The van der Waals surface area contributed by atoms with Gasteiger partial charge in [-0.15, -0.1) is 0 Å². The fourth-order valence-corrected chi connectivity index (χ4v) is 3.79. The van der Waals surface area contributed by atoms with Crippen molar-refractivity contribution < 1.29 is 8.42 Å². The van der Waals surface area contributed by atoms with Gasteiger partial charge in [-0.05, 0) is 19.3 Å². The van der Waals surface area contributed by atoms with Crippen molar-refractivity contribution in [1.82, 2.24) is 4.31 Å². The molecule has 0 radical (unpaired) electrons. The van der Waals surface area contributed by atoms with Crippen molar-refractivity contribution in [3.05, 3.63) is 0 Å². The summed E-state index contributed by atoms with van der Waals surface area (Å²) in [4.78, 5) is 0. The van der Waals surface area contributed by atoms with Crippen LogP contribution in [-0.2, 0) is 10.0 Å². The highest BCUT2D eigenvalue weighted by atomic mass is 32.2. The molecule has 0 bridgehead atoms. The highest BCUT2D eigenvalue weighted by Gasteiger charge is 2.30.